The van der Waals surface area contributed by atoms with Crippen LogP contribution in [0.3, 0.4) is 0 Å². The van der Waals surface area contributed by atoms with E-state index in [1.807, 2.05) is 61.2 Å². The molecule has 31 heavy (non-hydrogen) atoms. The summed E-state index contributed by atoms with van der Waals surface area (Å²) in [6.45, 7) is 5.14. The maximum absolute atomic E-state index is 12.3. The van der Waals surface area contributed by atoms with Crippen LogP contribution in [-0.2, 0) is 25.7 Å². The fourth-order valence-electron chi connectivity index (χ4n) is 4.19. The first-order valence-corrected chi connectivity index (χ1v) is 10.7. The van der Waals surface area contributed by atoms with Gasteiger partial charge in [-0.05, 0) is 37.0 Å². The summed E-state index contributed by atoms with van der Waals surface area (Å²) in [6.07, 6.45) is 0.762. The molecule has 6 nitrogen and oxygen atoms in total. The van der Waals surface area contributed by atoms with Crippen LogP contribution in [0.15, 0.2) is 42.5 Å². The number of benzene rings is 2. The van der Waals surface area contributed by atoms with E-state index in [0.29, 0.717) is 31.0 Å². The molecule has 1 atom stereocenters. The molecule has 2 aromatic rings. The van der Waals surface area contributed by atoms with Crippen LogP contribution in [0.25, 0.3) is 11.1 Å². The lowest BCUT2D eigenvalue weighted by Gasteiger charge is -2.42. The van der Waals surface area contributed by atoms with Crippen molar-refractivity contribution in [2.45, 2.75) is 44.7 Å². The lowest BCUT2D eigenvalue weighted by Crippen LogP contribution is -2.55. The number of carbonyl (C=O) groups excluding carboxylic acids is 3. The summed E-state index contributed by atoms with van der Waals surface area (Å²) in [7, 11) is 0. The number of halogens is 1. The van der Waals surface area contributed by atoms with Gasteiger partial charge in [-0.3, -0.25) is 19.7 Å². The zero-order valence-electron chi connectivity index (χ0n) is 17.6. The Kier molecular flexibility index (Phi) is 5.86. The zero-order chi connectivity index (χ0) is 22.2. The third-order valence-corrected chi connectivity index (χ3v) is 6.38. The van der Waals surface area contributed by atoms with E-state index in [1.54, 1.807) is 0 Å². The molecule has 2 fully saturated rings. The largest absolute Gasteiger partial charge is 0.369 e. The standard InChI is InChI=1S/C24H25ClN2O4/c1-24(2)14-31-13-21(29)27(24)12-15-6-8-16(9-7-15)17-4-3-5-18(22(17)25)19-10-11-20(28)26-23(19)30/h3-9,19H,10-14H2,1-2H3,(H,26,28,30). The molecule has 2 saturated heterocycles. The molecule has 1 N–H and O–H groups in total. The van der Waals surface area contributed by atoms with E-state index in [4.69, 9.17) is 16.3 Å². The van der Waals surface area contributed by atoms with Crippen molar-refractivity contribution < 1.29 is 19.1 Å². The number of nitrogens with zero attached hydrogens (tertiary/aromatic N) is 1. The second kappa shape index (κ2) is 8.44. The fourth-order valence-corrected chi connectivity index (χ4v) is 4.56. The predicted octanol–water partition coefficient (Wildman–Crippen LogP) is 3.66. The molecule has 0 aromatic heterocycles. The van der Waals surface area contributed by atoms with Crippen molar-refractivity contribution in [2.75, 3.05) is 13.2 Å². The average Bonchev–Trinajstić information content (AvgIpc) is 2.72. The summed E-state index contributed by atoms with van der Waals surface area (Å²) in [4.78, 5) is 37.9. The first-order valence-electron chi connectivity index (χ1n) is 10.4. The van der Waals surface area contributed by atoms with Gasteiger partial charge in [0.05, 0.1) is 23.1 Å². The first kappa shape index (κ1) is 21.5. The molecule has 1 unspecified atom stereocenters. The van der Waals surface area contributed by atoms with Gasteiger partial charge in [-0.15, -0.1) is 0 Å². The van der Waals surface area contributed by atoms with Gasteiger partial charge in [0.2, 0.25) is 17.7 Å². The van der Waals surface area contributed by atoms with E-state index in [9.17, 15) is 14.4 Å². The molecule has 2 aromatic carbocycles. The number of amides is 3. The Bertz CT molecular complexity index is 1030. The number of hydrogen-bond donors (Lipinski definition) is 1. The van der Waals surface area contributed by atoms with E-state index < -0.39 is 5.92 Å². The molecule has 2 aliphatic heterocycles. The number of hydrogen-bond acceptors (Lipinski definition) is 4. The molecule has 4 rings (SSSR count). The number of nitrogens with one attached hydrogen (secondary N) is 1. The Labute approximate surface area is 186 Å². The van der Waals surface area contributed by atoms with Crippen molar-refractivity contribution >= 4 is 29.3 Å². The zero-order valence-corrected chi connectivity index (χ0v) is 18.4. The molecular weight excluding hydrogens is 416 g/mol. The van der Waals surface area contributed by atoms with Gasteiger partial charge in [0, 0.05) is 18.5 Å². The Morgan fingerprint density at radius 2 is 1.87 bits per heavy atom. The number of rotatable bonds is 4. The van der Waals surface area contributed by atoms with Crippen LogP contribution in [-0.4, -0.2) is 41.4 Å². The molecule has 7 heteroatoms. The Morgan fingerprint density at radius 1 is 1.13 bits per heavy atom. The molecule has 3 amide bonds. The van der Waals surface area contributed by atoms with Crippen LogP contribution >= 0.6 is 11.6 Å². The second-order valence-electron chi connectivity index (χ2n) is 8.69. The minimum absolute atomic E-state index is 0.0136. The topological polar surface area (TPSA) is 75.7 Å². The lowest BCUT2D eigenvalue weighted by atomic mass is 9.88. The van der Waals surface area contributed by atoms with Crippen LogP contribution < -0.4 is 5.32 Å². The smallest absolute Gasteiger partial charge is 0.249 e. The first-order chi connectivity index (χ1) is 14.8. The van der Waals surface area contributed by atoms with Gasteiger partial charge >= 0.3 is 0 Å². The van der Waals surface area contributed by atoms with Gasteiger partial charge in [-0.25, -0.2) is 0 Å². The normalized spacial score (nSPS) is 21.2. The molecule has 0 radical (unpaired) electrons. The Balaban J connectivity index is 1.56. The van der Waals surface area contributed by atoms with Gasteiger partial charge in [0.25, 0.3) is 0 Å². The number of piperidine rings is 1. The number of imide groups is 1. The van der Waals surface area contributed by atoms with E-state index in [2.05, 4.69) is 5.32 Å². The molecule has 2 aliphatic rings. The summed E-state index contributed by atoms with van der Waals surface area (Å²) in [6, 6.07) is 13.6. The number of ether oxygens (including phenoxy) is 1. The highest BCUT2D eigenvalue weighted by Gasteiger charge is 2.35. The van der Waals surface area contributed by atoms with E-state index >= 15 is 0 Å². The number of morpholine rings is 1. The molecule has 0 aliphatic carbocycles. The third kappa shape index (κ3) is 4.36. The van der Waals surface area contributed by atoms with Crippen molar-refractivity contribution in [1.82, 2.24) is 10.2 Å². The van der Waals surface area contributed by atoms with Gasteiger partial charge in [-0.2, -0.15) is 0 Å². The second-order valence-corrected chi connectivity index (χ2v) is 9.07. The molecular formula is C24H25ClN2O4. The van der Waals surface area contributed by atoms with Crippen molar-refractivity contribution in [2.24, 2.45) is 0 Å². The van der Waals surface area contributed by atoms with Gasteiger partial charge in [0.15, 0.2) is 0 Å². The summed E-state index contributed by atoms with van der Waals surface area (Å²) in [5.41, 5.74) is 3.15. The van der Waals surface area contributed by atoms with Crippen LogP contribution in [0.4, 0.5) is 0 Å². The monoisotopic (exact) mass is 440 g/mol. The van der Waals surface area contributed by atoms with E-state index in [-0.39, 0.29) is 29.9 Å². The van der Waals surface area contributed by atoms with Crippen molar-refractivity contribution in [3.63, 3.8) is 0 Å². The van der Waals surface area contributed by atoms with Crippen LogP contribution in [0.2, 0.25) is 5.02 Å². The molecule has 0 saturated carbocycles. The fraction of sp³-hybridized carbons (Fsp3) is 0.375. The average molecular weight is 441 g/mol. The SMILES string of the molecule is CC1(C)COCC(=O)N1Cc1ccc(-c2cccc(C3CCC(=O)NC3=O)c2Cl)cc1. The molecule has 0 spiro atoms. The van der Waals surface area contributed by atoms with Crippen molar-refractivity contribution in [1.29, 1.82) is 0 Å². The maximum atomic E-state index is 12.3. The minimum Gasteiger partial charge on any atom is -0.369 e. The summed E-state index contributed by atoms with van der Waals surface area (Å²) in [5, 5.41) is 2.92. The predicted molar refractivity (Wildman–Crippen MR) is 117 cm³/mol. The van der Waals surface area contributed by atoms with Gasteiger partial charge in [-0.1, -0.05) is 54.1 Å². The highest BCUT2D eigenvalue weighted by atomic mass is 35.5. The Hall–Kier alpha value is -2.70. The minimum atomic E-state index is -0.431. The summed E-state index contributed by atoms with van der Waals surface area (Å²) in [5.74, 6) is -0.992. The summed E-state index contributed by atoms with van der Waals surface area (Å²) >= 11 is 6.70. The maximum Gasteiger partial charge on any atom is 0.249 e. The quantitative estimate of drug-likeness (QED) is 0.736. The van der Waals surface area contributed by atoms with Gasteiger partial charge < -0.3 is 9.64 Å². The van der Waals surface area contributed by atoms with E-state index in [0.717, 1.165) is 22.3 Å². The van der Waals surface area contributed by atoms with E-state index in [1.165, 1.54) is 0 Å². The molecule has 2 heterocycles. The number of carbonyl (C=O) groups is 3. The lowest BCUT2D eigenvalue weighted by molar-refractivity contribution is -0.156. The van der Waals surface area contributed by atoms with Crippen LogP contribution in [0.1, 0.15) is 43.7 Å². The highest BCUT2D eigenvalue weighted by molar-refractivity contribution is 6.34. The van der Waals surface area contributed by atoms with Gasteiger partial charge in [0.1, 0.15) is 6.61 Å². The van der Waals surface area contributed by atoms with Crippen molar-refractivity contribution in [3.05, 3.63) is 58.6 Å². The Morgan fingerprint density at radius 3 is 2.55 bits per heavy atom. The molecule has 0 bridgehead atoms. The van der Waals surface area contributed by atoms with Crippen LogP contribution in [0.5, 0.6) is 0 Å². The molecule has 162 valence electrons. The van der Waals surface area contributed by atoms with Crippen LogP contribution in [0, 0.1) is 0 Å². The highest BCUT2D eigenvalue weighted by Crippen LogP contribution is 2.37. The summed E-state index contributed by atoms with van der Waals surface area (Å²) < 4.78 is 5.38. The van der Waals surface area contributed by atoms with Crippen molar-refractivity contribution in [3.8, 4) is 11.1 Å². The third-order valence-electron chi connectivity index (χ3n) is 5.96.